The van der Waals surface area contributed by atoms with Crippen molar-refractivity contribution in [1.29, 1.82) is 0 Å². The van der Waals surface area contributed by atoms with Crippen LogP contribution in [0, 0.1) is 0 Å². The number of rotatable bonds is 3. The van der Waals surface area contributed by atoms with Crippen LogP contribution in [0.4, 0.5) is 0 Å². The highest BCUT2D eigenvalue weighted by Crippen LogP contribution is 2.08. The van der Waals surface area contributed by atoms with E-state index >= 15 is 0 Å². The molecule has 1 atom stereocenters. The van der Waals surface area contributed by atoms with E-state index in [1.165, 1.54) is 5.56 Å². The van der Waals surface area contributed by atoms with Crippen LogP contribution in [0.3, 0.4) is 0 Å². The lowest BCUT2D eigenvalue weighted by Crippen LogP contribution is -2.25. The monoisotopic (exact) mass is 201 g/mol. The van der Waals surface area contributed by atoms with Gasteiger partial charge in [-0.2, -0.15) is 0 Å². The molecule has 1 N–H and O–H groups in total. The van der Waals surface area contributed by atoms with Gasteiger partial charge in [0.05, 0.1) is 6.04 Å². The van der Waals surface area contributed by atoms with Gasteiger partial charge in [-0.3, -0.25) is 4.79 Å². The van der Waals surface area contributed by atoms with E-state index in [1.807, 2.05) is 18.2 Å². The van der Waals surface area contributed by atoms with Gasteiger partial charge in [0.2, 0.25) is 0 Å². The minimum atomic E-state index is 0.0463. The van der Waals surface area contributed by atoms with E-state index in [-0.39, 0.29) is 6.04 Å². The molecule has 1 saturated heterocycles. The predicted octanol–water partition coefficient (Wildman–Crippen LogP) is 2.02. The molecule has 0 aliphatic carbocycles. The van der Waals surface area contributed by atoms with Crippen molar-refractivity contribution in [2.45, 2.75) is 18.9 Å². The lowest BCUT2D eigenvalue weighted by Gasteiger charge is -2.03. The van der Waals surface area contributed by atoms with Crippen molar-refractivity contribution in [2.75, 3.05) is 6.54 Å². The lowest BCUT2D eigenvalue weighted by atomic mass is 10.1. The Labute approximate surface area is 90.0 Å². The van der Waals surface area contributed by atoms with E-state index < -0.39 is 0 Å². The Morgan fingerprint density at radius 1 is 1.33 bits per heavy atom. The standard InChI is InChI=1S/C13H15NO/c15-13-9-10-14-12(13)8-4-7-11-5-2-1-3-6-11/h1-7,12,14H,8-10H2/b7-4+. The zero-order valence-electron chi connectivity index (χ0n) is 8.65. The van der Waals surface area contributed by atoms with E-state index in [1.54, 1.807) is 0 Å². The highest BCUT2D eigenvalue weighted by Gasteiger charge is 2.21. The summed E-state index contributed by atoms with van der Waals surface area (Å²) in [5.41, 5.74) is 1.18. The molecule has 1 fully saturated rings. The van der Waals surface area contributed by atoms with Crippen molar-refractivity contribution in [3.63, 3.8) is 0 Å². The van der Waals surface area contributed by atoms with Crippen molar-refractivity contribution in [1.82, 2.24) is 5.32 Å². The number of Topliss-reactive ketones (excluding diaryl/α,β-unsaturated/α-hetero) is 1. The van der Waals surface area contributed by atoms with Gasteiger partial charge in [-0.05, 0) is 12.0 Å². The lowest BCUT2D eigenvalue weighted by molar-refractivity contribution is -0.118. The predicted molar refractivity (Wildman–Crippen MR) is 61.5 cm³/mol. The molecule has 0 saturated carbocycles. The first kappa shape index (κ1) is 10.1. The van der Waals surface area contributed by atoms with Gasteiger partial charge in [0.15, 0.2) is 5.78 Å². The Morgan fingerprint density at radius 3 is 2.80 bits per heavy atom. The van der Waals surface area contributed by atoms with Gasteiger partial charge in [0.25, 0.3) is 0 Å². The van der Waals surface area contributed by atoms with Crippen molar-refractivity contribution in [3.8, 4) is 0 Å². The summed E-state index contributed by atoms with van der Waals surface area (Å²) in [6, 6.07) is 10.2. The Bertz CT molecular complexity index is 356. The number of hydrogen-bond donors (Lipinski definition) is 1. The Kier molecular flexibility index (Phi) is 3.30. The molecule has 2 rings (SSSR count). The minimum Gasteiger partial charge on any atom is -0.307 e. The molecule has 1 aliphatic rings. The molecule has 1 heterocycles. The van der Waals surface area contributed by atoms with Gasteiger partial charge in [-0.1, -0.05) is 42.5 Å². The molecule has 0 spiro atoms. The maximum Gasteiger partial charge on any atom is 0.151 e. The van der Waals surface area contributed by atoms with E-state index in [4.69, 9.17) is 0 Å². The van der Waals surface area contributed by atoms with Gasteiger partial charge in [0, 0.05) is 13.0 Å². The van der Waals surface area contributed by atoms with E-state index in [9.17, 15) is 4.79 Å². The van der Waals surface area contributed by atoms with Crippen LogP contribution in [0.25, 0.3) is 6.08 Å². The van der Waals surface area contributed by atoms with Crippen LogP contribution < -0.4 is 5.32 Å². The third-order valence-electron chi connectivity index (χ3n) is 2.63. The number of hydrogen-bond acceptors (Lipinski definition) is 2. The second-order valence-corrected chi connectivity index (χ2v) is 3.77. The zero-order chi connectivity index (χ0) is 10.5. The van der Waals surface area contributed by atoms with Crippen LogP contribution in [-0.2, 0) is 4.79 Å². The van der Waals surface area contributed by atoms with Gasteiger partial charge in [-0.15, -0.1) is 0 Å². The summed E-state index contributed by atoms with van der Waals surface area (Å²) >= 11 is 0. The first-order valence-electron chi connectivity index (χ1n) is 5.34. The van der Waals surface area contributed by atoms with Crippen LogP contribution in [0.15, 0.2) is 36.4 Å². The van der Waals surface area contributed by atoms with Crippen LogP contribution in [-0.4, -0.2) is 18.4 Å². The summed E-state index contributed by atoms with van der Waals surface area (Å²) in [6.45, 7) is 0.836. The molecule has 0 bridgehead atoms. The SMILES string of the molecule is O=C1CCNC1C/C=C/c1ccccc1. The average Bonchev–Trinajstić information content (AvgIpc) is 2.66. The molecule has 1 unspecified atom stereocenters. The molecule has 0 aromatic heterocycles. The first-order valence-corrected chi connectivity index (χ1v) is 5.34. The third-order valence-corrected chi connectivity index (χ3v) is 2.63. The molecule has 0 amide bonds. The largest absolute Gasteiger partial charge is 0.307 e. The summed E-state index contributed by atoms with van der Waals surface area (Å²) < 4.78 is 0. The normalized spacial score (nSPS) is 21.3. The van der Waals surface area contributed by atoms with Gasteiger partial charge >= 0.3 is 0 Å². The molecular formula is C13H15NO. The molecule has 15 heavy (non-hydrogen) atoms. The molecule has 0 radical (unpaired) electrons. The Hall–Kier alpha value is -1.41. The molecule has 2 heteroatoms. The number of carbonyl (C=O) groups excluding carboxylic acids is 1. The highest BCUT2D eigenvalue weighted by atomic mass is 16.1. The summed E-state index contributed by atoms with van der Waals surface area (Å²) in [4.78, 5) is 11.3. The third kappa shape index (κ3) is 2.77. The number of carbonyl (C=O) groups is 1. The molecule has 1 aromatic carbocycles. The topological polar surface area (TPSA) is 29.1 Å². The van der Waals surface area contributed by atoms with Crippen molar-refractivity contribution in [3.05, 3.63) is 42.0 Å². The van der Waals surface area contributed by atoms with E-state index in [0.717, 1.165) is 13.0 Å². The summed E-state index contributed by atoms with van der Waals surface area (Å²) in [7, 11) is 0. The van der Waals surface area contributed by atoms with Gasteiger partial charge in [-0.25, -0.2) is 0 Å². The maximum atomic E-state index is 11.3. The number of nitrogens with one attached hydrogen (secondary N) is 1. The molecule has 2 nitrogen and oxygen atoms in total. The van der Waals surface area contributed by atoms with Crippen LogP contribution >= 0.6 is 0 Å². The summed E-state index contributed by atoms with van der Waals surface area (Å²) in [5, 5.41) is 3.19. The zero-order valence-corrected chi connectivity index (χ0v) is 8.65. The highest BCUT2D eigenvalue weighted by molar-refractivity contribution is 5.86. The van der Waals surface area contributed by atoms with Crippen molar-refractivity contribution >= 4 is 11.9 Å². The van der Waals surface area contributed by atoms with Crippen LogP contribution in [0.2, 0.25) is 0 Å². The Balaban J connectivity index is 1.88. The van der Waals surface area contributed by atoms with Crippen molar-refractivity contribution in [2.24, 2.45) is 0 Å². The molecule has 1 aliphatic heterocycles. The van der Waals surface area contributed by atoms with E-state index in [2.05, 4.69) is 29.6 Å². The van der Waals surface area contributed by atoms with Gasteiger partial charge in [0.1, 0.15) is 0 Å². The fourth-order valence-electron chi connectivity index (χ4n) is 1.78. The quantitative estimate of drug-likeness (QED) is 0.810. The second kappa shape index (κ2) is 4.89. The van der Waals surface area contributed by atoms with Crippen molar-refractivity contribution < 1.29 is 4.79 Å². The van der Waals surface area contributed by atoms with Crippen LogP contribution in [0.5, 0.6) is 0 Å². The first-order chi connectivity index (χ1) is 7.36. The minimum absolute atomic E-state index is 0.0463. The molecule has 78 valence electrons. The summed E-state index contributed by atoms with van der Waals surface area (Å²) in [6.07, 6.45) is 5.61. The molecular weight excluding hydrogens is 186 g/mol. The summed E-state index contributed by atoms with van der Waals surface area (Å²) in [5.74, 6) is 0.340. The maximum absolute atomic E-state index is 11.3. The second-order valence-electron chi connectivity index (χ2n) is 3.77. The number of benzene rings is 1. The molecule has 1 aromatic rings. The van der Waals surface area contributed by atoms with E-state index in [0.29, 0.717) is 12.2 Å². The van der Waals surface area contributed by atoms with Crippen LogP contribution in [0.1, 0.15) is 18.4 Å². The Morgan fingerprint density at radius 2 is 2.13 bits per heavy atom. The van der Waals surface area contributed by atoms with Gasteiger partial charge < -0.3 is 5.32 Å². The fourth-order valence-corrected chi connectivity index (χ4v) is 1.78. The smallest absolute Gasteiger partial charge is 0.151 e. The number of ketones is 1. The fraction of sp³-hybridized carbons (Fsp3) is 0.308. The average molecular weight is 201 g/mol.